The van der Waals surface area contributed by atoms with Crippen molar-refractivity contribution in [2.24, 2.45) is 5.92 Å². The van der Waals surface area contributed by atoms with Crippen molar-refractivity contribution in [3.05, 3.63) is 65.2 Å². The topological polar surface area (TPSA) is 84.9 Å². The van der Waals surface area contributed by atoms with Crippen molar-refractivity contribution >= 4 is 11.9 Å². The van der Waals surface area contributed by atoms with Crippen molar-refractivity contribution in [1.82, 2.24) is 5.32 Å². The number of aliphatic carboxylic acids is 1. The lowest BCUT2D eigenvalue weighted by Gasteiger charge is -2.28. The largest absolute Gasteiger partial charge is 0.489 e. The van der Waals surface area contributed by atoms with E-state index in [1.807, 2.05) is 31.2 Å². The number of hydrogen-bond donors (Lipinski definition) is 2. The number of ether oxygens (including phenoxy) is 2. The lowest BCUT2D eigenvalue weighted by atomic mass is 9.93. The molecule has 1 amide bonds. The maximum atomic E-state index is 12.6. The molecule has 2 aromatic rings. The summed E-state index contributed by atoms with van der Waals surface area (Å²) in [5.41, 5.74) is 2.56. The molecular weight excluding hydrogens is 358 g/mol. The molecule has 1 fully saturated rings. The van der Waals surface area contributed by atoms with Crippen molar-refractivity contribution in [3.8, 4) is 5.75 Å². The molecule has 2 unspecified atom stereocenters. The second-order valence-electron chi connectivity index (χ2n) is 7.07. The number of carboxylic acids is 1. The second kappa shape index (κ2) is 9.37. The molecular formula is C22H25NO5. The summed E-state index contributed by atoms with van der Waals surface area (Å²) in [6.45, 7) is 3.39. The van der Waals surface area contributed by atoms with Crippen LogP contribution in [0.1, 0.15) is 34.3 Å². The molecule has 0 bridgehead atoms. The predicted octanol–water partition coefficient (Wildman–Crippen LogP) is 3.18. The molecule has 0 aromatic heterocycles. The average Bonchev–Trinajstić information content (AvgIpc) is 2.71. The van der Waals surface area contributed by atoms with Crippen LogP contribution < -0.4 is 10.1 Å². The Labute approximate surface area is 164 Å². The number of carboxylic acid groups (broad SMARTS) is 1. The van der Waals surface area contributed by atoms with Crippen molar-refractivity contribution in [2.75, 3.05) is 13.2 Å². The minimum Gasteiger partial charge on any atom is -0.489 e. The summed E-state index contributed by atoms with van der Waals surface area (Å²) in [4.78, 5) is 24.2. The molecule has 6 heteroatoms. The van der Waals surface area contributed by atoms with Crippen molar-refractivity contribution in [3.63, 3.8) is 0 Å². The minimum absolute atomic E-state index is 0.226. The van der Waals surface area contributed by atoms with E-state index in [2.05, 4.69) is 5.32 Å². The Morgan fingerprint density at radius 1 is 1.25 bits per heavy atom. The van der Waals surface area contributed by atoms with Gasteiger partial charge in [-0.2, -0.15) is 0 Å². The van der Waals surface area contributed by atoms with E-state index >= 15 is 0 Å². The van der Waals surface area contributed by atoms with E-state index in [9.17, 15) is 14.7 Å². The standard InChI is InChI=1S/C22H25NO5/c1-15-5-2-6-16(11-15)13-28-19-9-3-7-17(12-19)21(24)23-20(22(25)26)18-8-4-10-27-14-18/h2-3,5-7,9,11-12,18,20H,4,8,10,13-14H2,1H3,(H,23,24)(H,25,26). The van der Waals surface area contributed by atoms with Gasteiger partial charge in [0.15, 0.2) is 0 Å². The summed E-state index contributed by atoms with van der Waals surface area (Å²) in [7, 11) is 0. The van der Waals surface area contributed by atoms with Crippen LogP contribution in [0.3, 0.4) is 0 Å². The van der Waals surface area contributed by atoms with Gasteiger partial charge in [0, 0.05) is 18.1 Å². The van der Waals surface area contributed by atoms with Crippen LogP contribution in [0.4, 0.5) is 0 Å². The maximum absolute atomic E-state index is 12.6. The van der Waals surface area contributed by atoms with Gasteiger partial charge in [-0.1, -0.05) is 35.9 Å². The summed E-state index contributed by atoms with van der Waals surface area (Å²) in [5, 5.41) is 12.2. The molecule has 1 saturated heterocycles. The molecule has 0 radical (unpaired) electrons. The van der Waals surface area contributed by atoms with Crippen LogP contribution in [0.25, 0.3) is 0 Å². The van der Waals surface area contributed by atoms with Gasteiger partial charge in [-0.15, -0.1) is 0 Å². The summed E-state index contributed by atoms with van der Waals surface area (Å²) >= 11 is 0. The van der Waals surface area contributed by atoms with Gasteiger partial charge >= 0.3 is 5.97 Å². The van der Waals surface area contributed by atoms with Crippen LogP contribution in [0.15, 0.2) is 48.5 Å². The number of hydrogen-bond acceptors (Lipinski definition) is 4. The quantitative estimate of drug-likeness (QED) is 0.767. The van der Waals surface area contributed by atoms with E-state index in [1.54, 1.807) is 24.3 Å². The zero-order valence-corrected chi connectivity index (χ0v) is 15.9. The van der Waals surface area contributed by atoms with E-state index in [0.717, 1.165) is 24.0 Å². The highest BCUT2D eigenvalue weighted by atomic mass is 16.5. The van der Waals surface area contributed by atoms with Crippen LogP contribution in [0, 0.1) is 12.8 Å². The Morgan fingerprint density at radius 2 is 2.07 bits per heavy atom. The van der Waals surface area contributed by atoms with Gasteiger partial charge in [-0.05, 0) is 43.5 Å². The first-order valence-corrected chi connectivity index (χ1v) is 9.43. The molecule has 1 heterocycles. The second-order valence-corrected chi connectivity index (χ2v) is 7.07. The van der Waals surface area contributed by atoms with E-state index in [4.69, 9.17) is 9.47 Å². The third kappa shape index (κ3) is 5.33. The highest BCUT2D eigenvalue weighted by Crippen LogP contribution is 2.20. The zero-order chi connectivity index (χ0) is 19.9. The van der Waals surface area contributed by atoms with E-state index in [0.29, 0.717) is 31.1 Å². The first-order valence-electron chi connectivity index (χ1n) is 9.43. The molecule has 3 rings (SSSR count). The van der Waals surface area contributed by atoms with Crippen molar-refractivity contribution in [2.45, 2.75) is 32.4 Å². The predicted molar refractivity (Wildman–Crippen MR) is 104 cm³/mol. The van der Waals surface area contributed by atoms with Gasteiger partial charge in [0.05, 0.1) is 6.61 Å². The Morgan fingerprint density at radius 3 is 2.79 bits per heavy atom. The molecule has 28 heavy (non-hydrogen) atoms. The maximum Gasteiger partial charge on any atom is 0.326 e. The number of rotatable bonds is 7. The third-order valence-electron chi connectivity index (χ3n) is 4.80. The van der Waals surface area contributed by atoms with Crippen LogP contribution in [-0.4, -0.2) is 36.2 Å². The highest BCUT2D eigenvalue weighted by Gasteiger charge is 2.31. The van der Waals surface area contributed by atoms with Crippen molar-refractivity contribution < 1.29 is 24.2 Å². The molecule has 1 aliphatic rings. The summed E-state index contributed by atoms with van der Waals surface area (Å²) < 4.78 is 11.2. The molecule has 0 saturated carbocycles. The number of nitrogens with one attached hydrogen (secondary N) is 1. The Bertz CT molecular complexity index is 829. The molecule has 6 nitrogen and oxygen atoms in total. The van der Waals surface area contributed by atoms with Crippen LogP contribution >= 0.6 is 0 Å². The zero-order valence-electron chi connectivity index (χ0n) is 15.9. The molecule has 2 aromatic carbocycles. The Balaban J connectivity index is 1.64. The summed E-state index contributed by atoms with van der Waals surface area (Å²) in [6.07, 6.45) is 1.52. The molecule has 2 atom stereocenters. The molecule has 0 aliphatic carbocycles. The Hall–Kier alpha value is -2.86. The number of benzene rings is 2. The first-order chi connectivity index (χ1) is 13.5. The van der Waals surface area contributed by atoms with Gasteiger partial charge < -0.3 is 19.9 Å². The van der Waals surface area contributed by atoms with Gasteiger partial charge in [0.1, 0.15) is 18.4 Å². The fourth-order valence-electron chi connectivity index (χ4n) is 3.33. The minimum atomic E-state index is -1.05. The molecule has 148 valence electrons. The third-order valence-corrected chi connectivity index (χ3v) is 4.80. The summed E-state index contributed by atoms with van der Waals surface area (Å²) in [6, 6.07) is 13.8. The number of carbonyl (C=O) groups is 2. The first kappa shape index (κ1) is 19.9. The fourth-order valence-corrected chi connectivity index (χ4v) is 3.33. The van der Waals surface area contributed by atoms with Gasteiger partial charge in [-0.3, -0.25) is 4.79 Å². The fraction of sp³-hybridized carbons (Fsp3) is 0.364. The number of carbonyl (C=O) groups excluding carboxylic acids is 1. The number of aryl methyl sites for hydroxylation is 1. The van der Waals surface area contributed by atoms with Crippen LogP contribution in [0.2, 0.25) is 0 Å². The van der Waals surface area contributed by atoms with Crippen molar-refractivity contribution in [1.29, 1.82) is 0 Å². The number of amides is 1. The van der Waals surface area contributed by atoms with E-state index < -0.39 is 17.9 Å². The molecule has 2 N–H and O–H groups in total. The normalized spacial score (nSPS) is 17.5. The smallest absolute Gasteiger partial charge is 0.326 e. The molecule has 1 aliphatic heterocycles. The average molecular weight is 383 g/mol. The SMILES string of the molecule is Cc1cccc(COc2cccc(C(=O)NC(C(=O)O)C3CCCOC3)c2)c1. The van der Waals surface area contributed by atoms with E-state index in [1.165, 1.54) is 0 Å². The monoisotopic (exact) mass is 383 g/mol. The molecule has 0 spiro atoms. The Kier molecular flexibility index (Phi) is 6.66. The lowest BCUT2D eigenvalue weighted by Crippen LogP contribution is -2.48. The van der Waals surface area contributed by atoms with E-state index in [-0.39, 0.29) is 5.92 Å². The van der Waals surface area contributed by atoms with Gasteiger partial charge in [0.2, 0.25) is 0 Å². The lowest BCUT2D eigenvalue weighted by molar-refractivity contribution is -0.142. The van der Waals surface area contributed by atoms with Gasteiger partial charge in [0.25, 0.3) is 5.91 Å². The van der Waals surface area contributed by atoms with Gasteiger partial charge in [-0.25, -0.2) is 4.79 Å². The van der Waals surface area contributed by atoms with Crippen LogP contribution in [0.5, 0.6) is 5.75 Å². The van der Waals surface area contributed by atoms with Crippen LogP contribution in [-0.2, 0) is 16.1 Å². The summed E-state index contributed by atoms with van der Waals surface area (Å²) in [5.74, 6) is -1.15. The highest BCUT2D eigenvalue weighted by molar-refractivity contribution is 5.97.